The summed E-state index contributed by atoms with van der Waals surface area (Å²) in [5.41, 5.74) is -0.251. The molecule has 0 aromatic heterocycles. The van der Waals surface area contributed by atoms with Crippen LogP contribution in [0.3, 0.4) is 0 Å². The van der Waals surface area contributed by atoms with E-state index in [0.717, 1.165) is 19.3 Å². The van der Waals surface area contributed by atoms with Gasteiger partial charge in [0.2, 0.25) is 5.91 Å². The van der Waals surface area contributed by atoms with Crippen molar-refractivity contribution in [1.82, 2.24) is 10.2 Å². The quantitative estimate of drug-likeness (QED) is 0.863. The number of benzene rings is 1. The van der Waals surface area contributed by atoms with Gasteiger partial charge in [-0.2, -0.15) is 0 Å². The van der Waals surface area contributed by atoms with Crippen LogP contribution >= 0.6 is 0 Å². The van der Waals surface area contributed by atoms with Crippen LogP contribution in [0.15, 0.2) is 24.3 Å². The Morgan fingerprint density at radius 2 is 1.81 bits per heavy atom. The predicted molar refractivity (Wildman–Crippen MR) is 98.4 cm³/mol. The Kier molecular flexibility index (Phi) is 5.98. The highest BCUT2D eigenvalue weighted by Crippen LogP contribution is 2.31. The number of carbonyl (C=O) groups excluding carboxylic acids is 2. The fraction of sp³-hybridized carbons (Fsp3) is 0.579. The lowest BCUT2D eigenvalue weighted by atomic mass is 9.80. The lowest BCUT2D eigenvalue weighted by molar-refractivity contribution is -0.143. The molecule has 3 amide bonds. The van der Waals surface area contributed by atoms with E-state index in [-0.39, 0.29) is 11.9 Å². The molecule has 2 aliphatic rings. The Bertz CT molecular complexity index is 637. The van der Waals surface area contributed by atoms with E-state index in [1.165, 1.54) is 0 Å². The largest absolute Gasteiger partial charge is 0.495 e. The first-order chi connectivity index (χ1) is 12.6. The maximum absolute atomic E-state index is 13.2. The maximum atomic E-state index is 13.2. The van der Waals surface area contributed by atoms with E-state index >= 15 is 0 Å². The van der Waals surface area contributed by atoms with Crippen LogP contribution in [0, 0.1) is 0 Å². The number of hydrogen-bond donors (Lipinski definition) is 2. The lowest BCUT2D eigenvalue weighted by Gasteiger charge is -2.41. The fourth-order valence-corrected chi connectivity index (χ4v) is 3.74. The van der Waals surface area contributed by atoms with Gasteiger partial charge in [0.1, 0.15) is 11.3 Å². The summed E-state index contributed by atoms with van der Waals surface area (Å²) in [5, 5.41) is 5.81. The second-order valence-corrected chi connectivity index (χ2v) is 6.83. The van der Waals surface area contributed by atoms with E-state index in [9.17, 15) is 9.59 Å². The molecule has 0 atom stereocenters. The molecule has 0 spiro atoms. The summed E-state index contributed by atoms with van der Waals surface area (Å²) in [6.45, 7) is 2.26. The summed E-state index contributed by atoms with van der Waals surface area (Å²) >= 11 is 0. The standard InChI is InChI=1S/C19H27N3O4/c1-25-16-8-4-3-7-15(16)20-18(24)21-19(9-5-2-6-10-19)17(23)22-11-13-26-14-12-22/h3-4,7-8H,2,5-6,9-14H2,1H3,(H2,20,21,24). The Morgan fingerprint density at radius 3 is 2.50 bits per heavy atom. The lowest BCUT2D eigenvalue weighted by Crippen LogP contribution is -2.62. The third kappa shape index (κ3) is 4.09. The number of anilines is 1. The Morgan fingerprint density at radius 1 is 1.12 bits per heavy atom. The second-order valence-electron chi connectivity index (χ2n) is 6.83. The average molecular weight is 361 g/mol. The zero-order valence-electron chi connectivity index (χ0n) is 15.3. The van der Waals surface area contributed by atoms with Crippen LogP contribution in [0.1, 0.15) is 32.1 Å². The average Bonchev–Trinajstić information content (AvgIpc) is 2.69. The van der Waals surface area contributed by atoms with Gasteiger partial charge in [-0.1, -0.05) is 31.4 Å². The van der Waals surface area contributed by atoms with Gasteiger partial charge in [0.15, 0.2) is 0 Å². The minimum Gasteiger partial charge on any atom is -0.495 e. The monoisotopic (exact) mass is 361 g/mol. The Labute approximate surface area is 154 Å². The van der Waals surface area contributed by atoms with Crippen molar-refractivity contribution in [3.05, 3.63) is 24.3 Å². The maximum Gasteiger partial charge on any atom is 0.320 e. The molecule has 1 aliphatic heterocycles. The summed E-state index contributed by atoms with van der Waals surface area (Å²) < 4.78 is 10.6. The highest BCUT2D eigenvalue weighted by atomic mass is 16.5. The molecular weight excluding hydrogens is 334 g/mol. The van der Waals surface area contributed by atoms with E-state index in [1.54, 1.807) is 19.2 Å². The fourth-order valence-electron chi connectivity index (χ4n) is 3.74. The number of amides is 3. The number of hydrogen-bond acceptors (Lipinski definition) is 4. The Balaban J connectivity index is 1.73. The van der Waals surface area contributed by atoms with Crippen molar-refractivity contribution in [1.29, 1.82) is 0 Å². The van der Waals surface area contributed by atoms with E-state index in [0.29, 0.717) is 50.6 Å². The van der Waals surface area contributed by atoms with Crippen LogP contribution in [0.4, 0.5) is 10.5 Å². The number of para-hydroxylation sites is 2. The molecule has 0 radical (unpaired) electrons. The molecule has 0 bridgehead atoms. The second kappa shape index (κ2) is 8.40. The summed E-state index contributed by atoms with van der Waals surface area (Å²) in [6, 6.07) is 6.85. The molecule has 7 nitrogen and oxygen atoms in total. The predicted octanol–water partition coefficient (Wildman–Crippen LogP) is 2.38. The smallest absolute Gasteiger partial charge is 0.320 e. The van der Waals surface area contributed by atoms with E-state index < -0.39 is 5.54 Å². The first-order valence-electron chi connectivity index (χ1n) is 9.24. The molecule has 142 valence electrons. The van der Waals surface area contributed by atoms with Gasteiger partial charge in [-0.05, 0) is 25.0 Å². The van der Waals surface area contributed by atoms with Crippen molar-refractivity contribution >= 4 is 17.6 Å². The van der Waals surface area contributed by atoms with Crippen molar-refractivity contribution < 1.29 is 19.1 Å². The molecule has 1 saturated carbocycles. The molecule has 1 heterocycles. The van der Waals surface area contributed by atoms with Gasteiger partial charge in [0.25, 0.3) is 0 Å². The molecular formula is C19H27N3O4. The molecule has 2 fully saturated rings. The van der Waals surface area contributed by atoms with E-state index in [1.807, 2.05) is 17.0 Å². The van der Waals surface area contributed by atoms with Crippen molar-refractivity contribution in [3.8, 4) is 5.75 Å². The number of nitrogens with zero attached hydrogens (tertiary/aromatic N) is 1. The number of nitrogens with one attached hydrogen (secondary N) is 2. The number of carbonyl (C=O) groups is 2. The molecule has 26 heavy (non-hydrogen) atoms. The number of ether oxygens (including phenoxy) is 2. The van der Waals surface area contributed by atoms with Gasteiger partial charge in [-0.3, -0.25) is 4.79 Å². The molecule has 1 saturated heterocycles. The summed E-state index contributed by atoms with van der Waals surface area (Å²) in [7, 11) is 1.56. The minimum absolute atomic E-state index is 0.00989. The van der Waals surface area contributed by atoms with Crippen LogP contribution in [-0.4, -0.2) is 55.8 Å². The van der Waals surface area contributed by atoms with Gasteiger partial charge in [-0.15, -0.1) is 0 Å². The summed E-state index contributed by atoms with van der Waals surface area (Å²) in [6.07, 6.45) is 4.30. The SMILES string of the molecule is COc1ccccc1NC(=O)NC1(C(=O)N2CCOCC2)CCCCC1. The third-order valence-electron chi connectivity index (χ3n) is 5.12. The van der Waals surface area contributed by atoms with Crippen LogP contribution in [0.5, 0.6) is 5.75 Å². The van der Waals surface area contributed by atoms with Crippen molar-refractivity contribution in [2.75, 3.05) is 38.7 Å². The normalized spacial score (nSPS) is 19.5. The summed E-state index contributed by atoms with van der Waals surface area (Å²) in [4.78, 5) is 27.7. The summed E-state index contributed by atoms with van der Waals surface area (Å²) in [5.74, 6) is 0.593. The zero-order chi connectivity index (χ0) is 18.4. The van der Waals surface area contributed by atoms with Crippen LogP contribution in [0.2, 0.25) is 0 Å². The van der Waals surface area contributed by atoms with Gasteiger partial charge in [0, 0.05) is 13.1 Å². The van der Waals surface area contributed by atoms with Gasteiger partial charge >= 0.3 is 6.03 Å². The molecule has 1 aromatic carbocycles. The molecule has 0 unspecified atom stereocenters. The molecule has 1 aliphatic carbocycles. The van der Waals surface area contributed by atoms with E-state index in [2.05, 4.69) is 10.6 Å². The van der Waals surface area contributed by atoms with E-state index in [4.69, 9.17) is 9.47 Å². The van der Waals surface area contributed by atoms with Crippen molar-refractivity contribution in [2.24, 2.45) is 0 Å². The van der Waals surface area contributed by atoms with Gasteiger partial charge in [0.05, 0.1) is 26.0 Å². The Hall–Kier alpha value is -2.28. The number of morpholine rings is 1. The first kappa shape index (κ1) is 18.5. The molecule has 1 aromatic rings. The van der Waals surface area contributed by atoms with Crippen LogP contribution in [-0.2, 0) is 9.53 Å². The van der Waals surface area contributed by atoms with Crippen molar-refractivity contribution in [3.63, 3.8) is 0 Å². The third-order valence-corrected chi connectivity index (χ3v) is 5.12. The molecule has 7 heteroatoms. The van der Waals surface area contributed by atoms with Crippen LogP contribution < -0.4 is 15.4 Å². The molecule has 3 rings (SSSR count). The highest BCUT2D eigenvalue weighted by molar-refractivity contribution is 5.97. The van der Waals surface area contributed by atoms with Gasteiger partial charge in [-0.25, -0.2) is 4.79 Å². The number of rotatable bonds is 4. The highest BCUT2D eigenvalue weighted by Gasteiger charge is 2.43. The topological polar surface area (TPSA) is 79.9 Å². The number of methoxy groups -OCH3 is 1. The first-order valence-corrected chi connectivity index (χ1v) is 9.24. The minimum atomic E-state index is -0.832. The molecule has 2 N–H and O–H groups in total. The van der Waals surface area contributed by atoms with Crippen LogP contribution in [0.25, 0.3) is 0 Å². The zero-order valence-corrected chi connectivity index (χ0v) is 15.3. The van der Waals surface area contributed by atoms with Crippen molar-refractivity contribution in [2.45, 2.75) is 37.6 Å². The van der Waals surface area contributed by atoms with Gasteiger partial charge < -0.3 is 25.0 Å². The number of urea groups is 1.